The molecule has 0 amide bonds. The Morgan fingerprint density at radius 3 is 0.726 bits per heavy atom. The number of aliphatic carboxylic acids is 3. The Hall–Kier alpha value is -2.37. The lowest BCUT2D eigenvalue weighted by molar-refractivity contribution is -0.138. The van der Waals surface area contributed by atoms with E-state index in [2.05, 4.69) is 57.2 Å². The van der Waals surface area contributed by atoms with Gasteiger partial charge in [-0.3, -0.25) is 14.4 Å². The van der Waals surface area contributed by atoms with Crippen molar-refractivity contribution in [3.63, 3.8) is 0 Å². The summed E-state index contributed by atoms with van der Waals surface area (Å²) in [7, 11) is 0. The molecule has 0 aliphatic heterocycles. The van der Waals surface area contributed by atoms with E-state index < -0.39 is 17.9 Å². The van der Waals surface area contributed by atoms with E-state index in [1.807, 2.05) is 0 Å². The highest BCUT2D eigenvalue weighted by Crippen LogP contribution is 2.16. The minimum absolute atomic E-state index is 0.319. The lowest BCUT2D eigenvalue weighted by Gasteiger charge is -2.03. The summed E-state index contributed by atoms with van der Waals surface area (Å²) in [5.41, 5.74) is 0. The molecular formula is C56H106O6. The molecule has 0 saturated heterocycles. The molecule has 0 fully saturated rings. The number of hydrogen-bond donors (Lipinski definition) is 3. The molecule has 0 radical (unpaired) electrons. The predicted octanol–water partition coefficient (Wildman–Crippen LogP) is 19.1. The minimum Gasteiger partial charge on any atom is -0.481 e. The summed E-state index contributed by atoms with van der Waals surface area (Å²) in [5.74, 6) is -1.98. The fourth-order valence-corrected chi connectivity index (χ4v) is 7.54. The van der Waals surface area contributed by atoms with Crippen molar-refractivity contribution in [2.75, 3.05) is 0 Å². The average Bonchev–Trinajstić information content (AvgIpc) is 3.25. The molecule has 6 heteroatoms. The molecule has 3 N–H and O–H groups in total. The number of carbonyl (C=O) groups is 3. The van der Waals surface area contributed by atoms with Crippen LogP contribution in [0.25, 0.3) is 0 Å². The van der Waals surface area contributed by atoms with E-state index in [1.54, 1.807) is 0 Å². The van der Waals surface area contributed by atoms with Gasteiger partial charge in [0.1, 0.15) is 0 Å². The lowest BCUT2D eigenvalue weighted by Crippen LogP contribution is -1.93. The molecule has 0 aromatic heterocycles. The molecule has 62 heavy (non-hydrogen) atoms. The largest absolute Gasteiger partial charge is 0.481 e. The number of allylic oxidation sites excluding steroid dienone is 6. The van der Waals surface area contributed by atoms with Crippen molar-refractivity contribution in [1.29, 1.82) is 0 Å². The standard InChI is InChI=1S/C22H44O2.C18H30O2.C16H32O2/c1-2-3-4-5-6-7-8-9-10-11-12-13-14-15-16-17-18-19-20-21-22(23)24;1-2-3-4-5-6-7-8-9-10-11-12-13-14-15-16-17-18(19)20;1-2-3-4-5-6-7-8-9-10-11-12-13-14-15-16(17)18/h2-21H2,1H3,(H,23,24);3-4,6-7,9-10H,2,5,8,11-17H2,1H3,(H,19,20);2-15H2,1H3,(H,17,18)/b;4-3-,7-6-,10-9-;. The Morgan fingerprint density at radius 2 is 0.484 bits per heavy atom. The fraction of sp³-hybridized carbons (Fsp3) is 0.839. The van der Waals surface area contributed by atoms with Crippen LogP contribution in [0.3, 0.4) is 0 Å². The molecule has 0 aliphatic rings. The van der Waals surface area contributed by atoms with Crippen LogP contribution in [-0.4, -0.2) is 33.2 Å². The maximum absolute atomic E-state index is 10.4. The zero-order chi connectivity index (χ0) is 46.1. The number of hydrogen-bond acceptors (Lipinski definition) is 3. The molecule has 0 aromatic carbocycles. The van der Waals surface area contributed by atoms with Crippen LogP contribution < -0.4 is 0 Å². The van der Waals surface area contributed by atoms with Gasteiger partial charge in [0.25, 0.3) is 0 Å². The maximum atomic E-state index is 10.4. The van der Waals surface area contributed by atoms with Crippen LogP contribution in [0.15, 0.2) is 36.5 Å². The van der Waals surface area contributed by atoms with E-state index >= 15 is 0 Å². The van der Waals surface area contributed by atoms with E-state index in [0.717, 1.165) is 70.6 Å². The van der Waals surface area contributed by atoms with Gasteiger partial charge in [0.05, 0.1) is 0 Å². The van der Waals surface area contributed by atoms with Crippen molar-refractivity contribution in [1.82, 2.24) is 0 Å². The highest BCUT2D eigenvalue weighted by molar-refractivity contribution is 5.67. The van der Waals surface area contributed by atoms with Crippen molar-refractivity contribution in [3.8, 4) is 0 Å². The molecular weight excluding hydrogens is 769 g/mol. The third-order valence-corrected chi connectivity index (χ3v) is 11.5. The van der Waals surface area contributed by atoms with Crippen molar-refractivity contribution < 1.29 is 29.7 Å². The maximum Gasteiger partial charge on any atom is 0.303 e. The van der Waals surface area contributed by atoms with Crippen molar-refractivity contribution in [2.45, 2.75) is 303 Å². The molecule has 0 saturated carbocycles. The highest BCUT2D eigenvalue weighted by Gasteiger charge is 1.99. The first-order valence-corrected chi connectivity index (χ1v) is 26.9. The first-order valence-electron chi connectivity index (χ1n) is 26.9. The predicted molar refractivity (Wildman–Crippen MR) is 270 cm³/mol. The van der Waals surface area contributed by atoms with Crippen molar-refractivity contribution in [2.24, 2.45) is 0 Å². The van der Waals surface area contributed by atoms with Gasteiger partial charge in [0.15, 0.2) is 0 Å². The molecule has 0 rings (SSSR count). The van der Waals surface area contributed by atoms with E-state index in [9.17, 15) is 14.4 Å². The molecule has 0 unspecified atom stereocenters. The van der Waals surface area contributed by atoms with Crippen LogP contribution >= 0.6 is 0 Å². The van der Waals surface area contributed by atoms with Gasteiger partial charge < -0.3 is 15.3 Å². The molecule has 0 spiro atoms. The Labute approximate surface area is 386 Å². The van der Waals surface area contributed by atoms with E-state index in [0.29, 0.717) is 19.3 Å². The van der Waals surface area contributed by atoms with Crippen molar-refractivity contribution in [3.05, 3.63) is 36.5 Å². The van der Waals surface area contributed by atoms with Crippen LogP contribution in [0.2, 0.25) is 0 Å². The second-order valence-corrected chi connectivity index (χ2v) is 17.9. The van der Waals surface area contributed by atoms with Crippen LogP contribution in [0, 0.1) is 0 Å². The number of unbranched alkanes of at least 4 members (excludes halogenated alkanes) is 35. The van der Waals surface area contributed by atoms with Gasteiger partial charge in [-0.15, -0.1) is 0 Å². The average molecular weight is 875 g/mol. The Kier molecular flexibility index (Phi) is 62.6. The molecule has 0 aromatic rings. The summed E-state index contributed by atoms with van der Waals surface area (Å²) in [6.07, 6.45) is 66.7. The molecule has 0 atom stereocenters. The first kappa shape index (κ1) is 63.9. The molecule has 0 heterocycles. The quantitative estimate of drug-likeness (QED) is 0.0415. The minimum atomic E-state index is -0.675. The molecule has 0 aliphatic carbocycles. The molecule has 6 nitrogen and oxygen atoms in total. The highest BCUT2D eigenvalue weighted by atomic mass is 16.4. The second kappa shape index (κ2) is 60.7. The normalized spacial score (nSPS) is 11.3. The van der Waals surface area contributed by atoms with Gasteiger partial charge >= 0.3 is 17.9 Å². The summed E-state index contributed by atoms with van der Waals surface area (Å²) in [5, 5.41) is 25.5. The van der Waals surface area contributed by atoms with Gasteiger partial charge in [0.2, 0.25) is 0 Å². The summed E-state index contributed by atoms with van der Waals surface area (Å²) < 4.78 is 0. The number of rotatable bonds is 47. The van der Waals surface area contributed by atoms with Gasteiger partial charge in [-0.25, -0.2) is 0 Å². The summed E-state index contributed by atoms with van der Waals surface area (Å²) in [6.45, 7) is 6.69. The van der Waals surface area contributed by atoms with Crippen LogP contribution in [0.5, 0.6) is 0 Å². The van der Waals surface area contributed by atoms with Crippen LogP contribution in [-0.2, 0) is 14.4 Å². The molecule has 366 valence electrons. The van der Waals surface area contributed by atoms with Gasteiger partial charge in [-0.1, -0.05) is 269 Å². The van der Waals surface area contributed by atoms with Gasteiger partial charge in [-0.2, -0.15) is 0 Å². The second-order valence-electron chi connectivity index (χ2n) is 17.9. The smallest absolute Gasteiger partial charge is 0.303 e. The van der Waals surface area contributed by atoms with Crippen LogP contribution in [0.1, 0.15) is 303 Å². The Balaban J connectivity index is -0.000000852. The zero-order valence-electron chi connectivity index (χ0n) is 41.6. The van der Waals surface area contributed by atoms with Crippen molar-refractivity contribution >= 4 is 17.9 Å². The Morgan fingerprint density at radius 1 is 0.274 bits per heavy atom. The third-order valence-electron chi connectivity index (χ3n) is 11.5. The summed E-state index contributed by atoms with van der Waals surface area (Å²) in [6, 6.07) is 0. The monoisotopic (exact) mass is 875 g/mol. The fourth-order valence-electron chi connectivity index (χ4n) is 7.54. The van der Waals surface area contributed by atoms with Crippen LogP contribution in [0.4, 0.5) is 0 Å². The number of carboxylic acid groups (broad SMARTS) is 3. The summed E-state index contributed by atoms with van der Waals surface area (Å²) >= 11 is 0. The summed E-state index contributed by atoms with van der Waals surface area (Å²) in [4.78, 5) is 31.0. The van der Waals surface area contributed by atoms with Gasteiger partial charge in [-0.05, 0) is 51.4 Å². The van der Waals surface area contributed by atoms with Gasteiger partial charge in [0, 0.05) is 19.3 Å². The topological polar surface area (TPSA) is 112 Å². The molecule has 0 bridgehead atoms. The third kappa shape index (κ3) is 72.1. The SMILES string of the molecule is CC/C=C\C/C=C\C/C=C\CCCCCCCC(=O)O.CCCCCCCCCCCCCCCC(=O)O.CCCCCCCCCCCCCCCCCCCCCC(=O)O. The zero-order valence-corrected chi connectivity index (χ0v) is 41.6. The van der Waals surface area contributed by atoms with E-state index in [4.69, 9.17) is 15.3 Å². The first-order chi connectivity index (χ1) is 30.3. The lowest BCUT2D eigenvalue weighted by atomic mass is 10.0. The number of carboxylic acids is 3. The van der Waals surface area contributed by atoms with E-state index in [-0.39, 0.29) is 0 Å². The Bertz CT molecular complexity index is 970. The van der Waals surface area contributed by atoms with E-state index in [1.165, 1.54) is 193 Å².